The summed E-state index contributed by atoms with van der Waals surface area (Å²) in [6.45, 7) is 3.60. The number of thioether (sulfide) groups is 1. The zero-order chi connectivity index (χ0) is 10.7. The van der Waals surface area contributed by atoms with Gasteiger partial charge in [0.25, 0.3) is 0 Å². The minimum Gasteiger partial charge on any atom is -0.313 e. The van der Waals surface area contributed by atoms with Crippen molar-refractivity contribution in [2.45, 2.75) is 62.7 Å². The van der Waals surface area contributed by atoms with E-state index in [4.69, 9.17) is 0 Å². The monoisotopic (exact) mass is 227 g/mol. The maximum Gasteiger partial charge on any atom is 0.0281 e. The van der Waals surface area contributed by atoms with Gasteiger partial charge in [-0.05, 0) is 38.4 Å². The lowest BCUT2D eigenvalue weighted by Gasteiger charge is -2.29. The summed E-state index contributed by atoms with van der Waals surface area (Å²) in [5.41, 5.74) is 0. The van der Waals surface area contributed by atoms with Crippen LogP contribution in [-0.4, -0.2) is 23.6 Å². The van der Waals surface area contributed by atoms with Gasteiger partial charge in [-0.25, -0.2) is 0 Å². The first-order valence-electron chi connectivity index (χ1n) is 6.53. The van der Waals surface area contributed by atoms with Gasteiger partial charge in [-0.3, -0.25) is 0 Å². The van der Waals surface area contributed by atoms with E-state index in [1.807, 2.05) is 0 Å². The second-order valence-electron chi connectivity index (χ2n) is 5.56. The van der Waals surface area contributed by atoms with Crippen LogP contribution < -0.4 is 5.32 Å². The van der Waals surface area contributed by atoms with Crippen molar-refractivity contribution < 1.29 is 0 Å². The first kappa shape index (κ1) is 11.8. The molecule has 88 valence electrons. The van der Waals surface area contributed by atoms with Gasteiger partial charge in [0, 0.05) is 17.3 Å². The third-order valence-electron chi connectivity index (χ3n) is 4.10. The van der Waals surface area contributed by atoms with E-state index in [0.29, 0.717) is 4.75 Å². The normalized spacial score (nSPS) is 26.8. The van der Waals surface area contributed by atoms with Crippen LogP contribution in [-0.2, 0) is 0 Å². The summed E-state index contributed by atoms with van der Waals surface area (Å²) < 4.78 is 0.581. The summed E-state index contributed by atoms with van der Waals surface area (Å²) in [4.78, 5) is 0. The molecule has 0 bridgehead atoms. The van der Waals surface area contributed by atoms with E-state index < -0.39 is 0 Å². The molecule has 1 N–H and O–H groups in total. The molecule has 15 heavy (non-hydrogen) atoms. The molecule has 0 saturated heterocycles. The van der Waals surface area contributed by atoms with E-state index in [2.05, 4.69) is 30.3 Å². The van der Waals surface area contributed by atoms with Crippen LogP contribution in [0.15, 0.2) is 0 Å². The molecule has 0 amide bonds. The number of hydrogen-bond acceptors (Lipinski definition) is 2. The van der Waals surface area contributed by atoms with Crippen LogP contribution >= 0.6 is 11.8 Å². The predicted octanol–water partition coefficient (Wildman–Crippen LogP) is 3.44. The molecule has 0 aromatic carbocycles. The topological polar surface area (TPSA) is 12.0 Å². The number of hydrogen-bond donors (Lipinski definition) is 1. The largest absolute Gasteiger partial charge is 0.313 e. The Bertz CT molecular complexity index is 195. The molecule has 1 nitrogen and oxygen atoms in total. The molecule has 0 heterocycles. The maximum absolute atomic E-state index is 3.77. The highest BCUT2D eigenvalue weighted by atomic mass is 32.2. The Morgan fingerprint density at radius 1 is 1.33 bits per heavy atom. The van der Waals surface area contributed by atoms with Gasteiger partial charge in [-0.15, -0.1) is 0 Å². The highest BCUT2D eigenvalue weighted by Gasteiger charge is 2.33. The van der Waals surface area contributed by atoms with Crippen LogP contribution in [0.1, 0.15) is 51.9 Å². The lowest BCUT2D eigenvalue weighted by atomic mass is 10.1. The summed E-state index contributed by atoms with van der Waals surface area (Å²) in [7, 11) is 0. The molecule has 1 unspecified atom stereocenters. The third kappa shape index (κ3) is 3.39. The molecule has 2 heteroatoms. The number of rotatable bonds is 6. The third-order valence-corrected chi connectivity index (χ3v) is 5.52. The van der Waals surface area contributed by atoms with Gasteiger partial charge in [0.1, 0.15) is 0 Å². The second kappa shape index (κ2) is 5.09. The Labute approximate surface area is 98.8 Å². The molecule has 0 aromatic heterocycles. The van der Waals surface area contributed by atoms with Gasteiger partial charge in [-0.1, -0.05) is 25.7 Å². The summed E-state index contributed by atoms with van der Waals surface area (Å²) in [6, 6.07) is 0.738. The molecule has 0 spiro atoms. The second-order valence-corrected chi connectivity index (χ2v) is 6.83. The molecule has 2 rings (SSSR count). The minimum absolute atomic E-state index is 0.581. The highest BCUT2D eigenvalue weighted by Crippen LogP contribution is 2.40. The van der Waals surface area contributed by atoms with Crippen molar-refractivity contribution >= 4 is 11.8 Å². The van der Waals surface area contributed by atoms with Crippen molar-refractivity contribution in [1.29, 1.82) is 0 Å². The van der Waals surface area contributed by atoms with Crippen molar-refractivity contribution in [3.63, 3.8) is 0 Å². The van der Waals surface area contributed by atoms with E-state index in [0.717, 1.165) is 12.0 Å². The molecule has 2 fully saturated rings. The van der Waals surface area contributed by atoms with E-state index in [1.165, 1.54) is 51.5 Å². The lowest BCUT2D eigenvalue weighted by Crippen LogP contribution is -2.39. The van der Waals surface area contributed by atoms with Gasteiger partial charge in [0.15, 0.2) is 0 Å². The van der Waals surface area contributed by atoms with Crippen LogP contribution in [0.5, 0.6) is 0 Å². The average Bonchev–Trinajstić information content (AvgIpc) is 2.93. The van der Waals surface area contributed by atoms with Gasteiger partial charge in [0.2, 0.25) is 0 Å². The fraction of sp³-hybridized carbons (Fsp3) is 1.00. The maximum atomic E-state index is 3.77. The smallest absolute Gasteiger partial charge is 0.0281 e. The van der Waals surface area contributed by atoms with Crippen molar-refractivity contribution in [2.75, 3.05) is 12.8 Å². The summed E-state index contributed by atoms with van der Waals surface area (Å²) in [5, 5.41) is 3.77. The van der Waals surface area contributed by atoms with E-state index >= 15 is 0 Å². The Morgan fingerprint density at radius 3 is 2.53 bits per heavy atom. The Hall–Kier alpha value is 0.310. The lowest BCUT2D eigenvalue weighted by molar-refractivity contribution is 0.443. The van der Waals surface area contributed by atoms with Crippen LogP contribution in [0.2, 0.25) is 0 Å². The molecule has 2 saturated carbocycles. The summed E-state index contributed by atoms with van der Waals surface area (Å²) in [5.74, 6) is 1.06. The fourth-order valence-electron chi connectivity index (χ4n) is 2.77. The van der Waals surface area contributed by atoms with Crippen LogP contribution in [0.25, 0.3) is 0 Å². The van der Waals surface area contributed by atoms with E-state index in [-0.39, 0.29) is 0 Å². The molecule has 2 aliphatic carbocycles. The molecule has 2 aliphatic rings. The van der Waals surface area contributed by atoms with Crippen molar-refractivity contribution in [1.82, 2.24) is 5.32 Å². The van der Waals surface area contributed by atoms with E-state index in [9.17, 15) is 0 Å². The highest BCUT2D eigenvalue weighted by molar-refractivity contribution is 8.00. The standard InChI is InChI=1S/C13H25NS/c1-11(9-12-5-6-12)14-10-13(15-2)7-3-4-8-13/h11-12,14H,3-10H2,1-2H3. The summed E-state index contributed by atoms with van der Waals surface area (Å²) >= 11 is 2.09. The Balaban J connectivity index is 1.69. The SMILES string of the molecule is CSC1(CNC(C)CC2CC2)CCCC1. The predicted molar refractivity (Wildman–Crippen MR) is 69.5 cm³/mol. The van der Waals surface area contributed by atoms with Crippen LogP contribution in [0, 0.1) is 5.92 Å². The van der Waals surface area contributed by atoms with Gasteiger partial charge >= 0.3 is 0 Å². The Kier molecular flexibility index (Phi) is 4.00. The first-order valence-corrected chi connectivity index (χ1v) is 7.75. The van der Waals surface area contributed by atoms with Crippen LogP contribution in [0.3, 0.4) is 0 Å². The van der Waals surface area contributed by atoms with Gasteiger partial charge in [-0.2, -0.15) is 11.8 Å². The Morgan fingerprint density at radius 2 is 2.00 bits per heavy atom. The molecular formula is C13H25NS. The van der Waals surface area contributed by atoms with E-state index in [1.54, 1.807) is 0 Å². The molecule has 1 atom stereocenters. The van der Waals surface area contributed by atoms with Crippen molar-refractivity contribution in [3.05, 3.63) is 0 Å². The molecule has 0 radical (unpaired) electrons. The van der Waals surface area contributed by atoms with Gasteiger partial charge in [0.05, 0.1) is 0 Å². The average molecular weight is 227 g/mol. The zero-order valence-electron chi connectivity index (χ0n) is 10.2. The quantitative estimate of drug-likeness (QED) is 0.746. The first-order chi connectivity index (χ1) is 7.24. The van der Waals surface area contributed by atoms with Crippen LogP contribution in [0.4, 0.5) is 0 Å². The fourth-order valence-corrected chi connectivity index (χ4v) is 3.69. The van der Waals surface area contributed by atoms with Crippen molar-refractivity contribution in [3.8, 4) is 0 Å². The number of nitrogens with one attached hydrogen (secondary N) is 1. The molecule has 0 aliphatic heterocycles. The van der Waals surface area contributed by atoms with Crippen molar-refractivity contribution in [2.24, 2.45) is 5.92 Å². The zero-order valence-corrected chi connectivity index (χ0v) is 11.0. The minimum atomic E-state index is 0.581. The van der Waals surface area contributed by atoms with Gasteiger partial charge < -0.3 is 5.32 Å². The summed E-state index contributed by atoms with van der Waals surface area (Å²) in [6.07, 6.45) is 12.4. The molecule has 0 aromatic rings. The molecular weight excluding hydrogens is 202 g/mol.